The molecule has 0 aromatic rings. The van der Waals surface area contributed by atoms with Crippen molar-refractivity contribution in [3.63, 3.8) is 0 Å². The van der Waals surface area contributed by atoms with Crippen LogP contribution < -0.4 is 5.73 Å². The Bertz CT molecular complexity index is 143. The third-order valence-electron chi connectivity index (χ3n) is 0.758. The van der Waals surface area contributed by atoms with E-state index in [9.17, 15) is 0 Å². The molecule has 0 aromatic heterocycles. The third-order valence-corrected chi connectivity index (χ3v) is 0.758. The lowest BCUT2D eigenvalue weighted by Crippen LogP contribution is -1.98. The van der Waals surface area contributed by atoms with E-state index in [1.807, 2.05) is 0 Å². The highest BCUT2D eigenvalue weighted by atomic mass is 16.6. The minimum atomic E-state index is 0.359. The molecule has 0 unspecified atom stereocenters. The van der Waals surface area contributed by atoms with E-state index in [1.54, 1.807) is 13.1 Å². The average Bonchev–Trinajstić information content (AvgIpc) is 1.97. The lowest BCUT2D eigenvalue weighted by Gasteiger charge is -1.88. The van der Waals surface area contributed by atoms with Crippen molar-refractivity contribution in [2.45, 2.75) is 13.3 Å². The summed E-state index contributed by atoms with van der Waals surface area (Å²) < 4.78 is 0. The summed E-state index contributed by atoms with van der Waals surface area (Å²) in [4.78, 5) is 4.72. The summed E-state index contributed by atoms with van der Waals surface area (Å²) in [7, 11) is 0. The molecule has 0 aliphatic heterocycles. The molecular weight excluding hydrogens is 128 g/mol. The summed E-state index contributed by atoms with van der Waals surface area (Å²) >= 11 is 0. The molecule has 3 nitrogen and oxygen atoms in total. The van der Waals surface area contributed by atoms with E-state index in [-0.39, 0.29) is 0 Å². The smallest absolute Gasteiger partial charge is 0.177 e. The number of hydrogen-bond acceptors (Lipinski definition) is 3. The van der Waals surface area contributed by atoms with Crippen molar-refractivity contribution < 1.29 is 4.84 Å². The lowest BCUT2D eigenvalue weighted by atomic mass is 10.5. The molecule has 0 spiro atoms. The third kappa shape index (κ3) is 6.99. The monoisotopic (exact) mass is 140 g/mol. The fourth-order valence-electron chi connectivity index (χ4n) is 0.322. The van der Waals surface area contributed by atoms with Crippen LogP contribution in [0.25, 0.3) is 0 Å². The van der Waals surface area contributed by atoms with Gasteiger partial charge in [0.1, 0.15) is 0 Å². The van der Waals surface area contributed by atoms with Crippen molar-refractivity contribution in [1.29, 1.82) is 0 Å². The van der Waals surface area contributed by atoms with E-state index in [2.05, 4.69) is 17.0 Å². The van der Waals surface area contributed by atoms with Crippen LogP contribution in [0.1, 0.15) is 13.3 Å². The van der Waals surface area contributed by atoms with E-state index < -0.39 is 0 Å². The molecule has 0 aromatic carbocycles. The molecule has 0 heterocycles. The molecule has 0 bridgehead atoms. The fraction of sp³-hybridized carbons (Fsp3) is 0.571. The van der Waals surface area contributed by atoms with Gasteiger partial charge in [-0.2, -0.15) is 0 Å². The molecule has 10 heavy (non-hydrogen) atoms. The van der Waals surface area contributed by atoms with Gasteiger partial charge in [0.15, 0.2) is 6.61 Å². The Labute approximate surface area is 61.2 Å². The van der Waals surface area contributed by atoms with Crippen LogP contribution in [0.15, 0.2) is 5.16 Å². The van der Waals surface area contributed by atoms with Crippen LogP contribution in [-0.4, -0.2) is 19.4 Å². The van der Waals surface area contributed by atoms with Gasteiger partial charge in [0.25, 0.3) is 0 Å². The lowest BCUT2D eigenvalue weighted by molar-refractivity contribution is 0.181. The number of nitrogens with two attached hydrogens (primary N) is 1. The summed E-state index contributed by atoms with van der Waals surface area (Å²) in [5.74, 6) is 5.39. The quantitative estimate of drug-likeness (QED) is 0.265. The van der Waals surface area contributed by atoms with Crippen molar-refractivity contribution in [2.75, 3.05) is 13.2 Å². The Morgan fingerprint density at radius 2 is 2.50 bits per heavy atom. The SMILES string of the molecule is CC#CCON=CCCN. The molecular formula is C7H12N2O. The van der Waals surface area contributed by atoms with Gasteiger partial charge in [0, 0.05) is 6.21 Å². The maximum Gasteiger partial charge on any atom is 0.177 e. The van der Waals surface area contributed by atoms with Crippen LogP contribution >= 0.6 is 0 Å². The summed E-state index contributed by atoms with van der Waals surface area (Å²) in [6.07, 6.45) is 2.39. The van der Waals surface area contributed by atoms with Crippen molar-refractivity contribution in [1.82, 2.24) is 0 Å². The fourth-order valence-corrected chi connectivity index (χ4v) is 0.322. The van der Waals surface area contributed by atoms with Gasteiger partial charge in [-0.3, -0.25) is 0 Å². The standard InChI is InChI=1S/C7H12N2O/c1-2-3-7-10-9-6-4-5-8/h6H,4-5,7-8H2,1H3. The van der Waals surface area contributed by atoms with Crippen molar-refractivity contribution >= 4 is 6.21 Å². The number of hydrogen-bond donors (Lipinski definition) is 1. The molecule has 0 radical (unpaired) electrons. The second-order valence-electron chi connectivity index (χ2n) is 1.57. The van der Waals surface area contributed by atoms with Gasteiger partial charge in [-0.25, -0.2) is 0 Å². The number of oxime groups is 1. The van der Waals surface area contributed by atoms with Gasteiger partial charge in [-0.05, 0) is 19.9 Å². The molecule has 0 rings (SSSR count). The van der Waals surface area contributed by atoms with Crippen LogP contribution in [0, 0.1) is 11.8 Å². The molecule has 0 atom stereocenters. The summed E-state index contributed by atoms with van der Waals surface area (Å²) in [5, 5.41) is 3.59. The first-order chi connectivity index (χ1) is 4.91. The van der Waals surface area contributed by atoms with E-state index in [0.717, 1.165) is 6.42 Å². The Kier molecular flexibility index (Phi) is 7.18. The highest BCUT2D eigenvalue weighted by molar-refractivity contribution is 5.56. The van der Waals surface area contributed by atoms with Crippen molar-refractivity contribution in [3.8, 4) is 11.8 Å². The molecule has 0 aliphatic carbocycles. The van der Waals surface area contributed by atoms with Gasteiger partial charge in [-0.1, -0.05) is 11.1 Å². The first-order valence-corrected chi connectivity index (χ1v) is 3.15. The van der Waals surface area contributed by atoms with Gasteiger partial charge in [0.05, 0.1) is 0 Å². The molecule has 0 amide bonds. The molecule has 0 fully saturated rings. The molecule has 0 saturated carbocycles. The van der Waals surface area contributed by atoms with Crippen LogP contribution in [0.3, 0.4) is 0 Å². The Balaban J connectivity index is 3.07. The molecule has 0 aliphatic rings. The number of nitrogens with zero attached hydrogens (tertiary/aromatic N) is 1. The van der Waals surface area contributed by atoms with Gasteiger partial charge < -0.3 is 10.6 Å². The summed E-state index contributed by atoms with van der Waals surface area (Å²) in [5.41, 5.74) is 5.19. The maximum atomic E-state index is 5.19. The summed E-state index contributed by atoms with van der Waals surface area (Å²) in [6.45, 7) is 2.72. The maximum absolute atomic E-state index is 5.19. The van der Waals surface area contributed by atoms with Crippen molar-refractivity contribution in [3.05, 3.63) is 0 Å². The van der Waals surface area contributed by atoms with Crippen molar-refractivity contribution in [2.24, 2.45) is 10.9 Å². The summed E-state index contributed by atoms with van der Waals surface area (Å²) in [6, 6.07) is 0. The second-order valence-corrected chi connectivity index (χ2v) is 1.57. The van der Waals surface area contributed by atoms with Crippen LogP contribution in [0.5, 0.6) is 0 Å². The Hall–Kier alpha value is -1.01. The minimum absolute atomic E-state index is 0.359. The van der Waals surface area contributed by atoms with E-state index in [4.69, 9.17) is 10.6 Å². The second kappa shape index (κ2) is 7.99. The predicted molar refractivity (Wildman–Crippen MR) is 41.6 cm³/mol. The van der Waals surface area contributed by atoms with Crippen LogP contribution in [-0.2, 0) is 4.84 Å². The zero-order valence-electron chi connectivity index (χ0n) is 6.13. The highest BCUT2D eigenvalue weighted by Gasteiger charge is 1.73. The topological polar surface area (TPSA) is 47.6 Å². The van der Waals surface area contributed by atoms with Gasteiger partial charge in [0.2, 0.25) is 0 Å². The van der Waals surface area contributed by atoms with Crippen LogP contribution in [0.2, 0.25) is 0 Å². The largest absolute Gasteiger partial charge is 0.383 e. The molecule has 56 valence electrons. The first kappa shape index (κ1) is 8.99. The zero-order valence-corrected chi connectivity index (χ0v) is 6.13. The van der Waals surface area contributed by atoms with E-state index in [1.165, 1.54) is 0 Å². The number of rotatable bonds is 4. The first-order valence-electron chi connectivity index (χ1n) is 3.15. The van der Waals surface area contributed by atoms with E-state index in [0.29, 0.717) is 13.2 Å². The van der Waals surface area contributed by atoms with Crippen LogP contribution in [0.4, 0.5) is 0 Å². The molecule has 0 saturated heterocycles. The minimum Gasteiger partial charge on any atom is -0.383 e. The van der Waals surface area contributed by atoms with Gasteiger partial charge >= 0.3 is 0 Å². The molecule has 2 N–H and O–H groups in total. The molecule has 3 heteroatoms. The normalized spacial score (nSPS) is 9.00. The Morgan fingerprint density at radius 3 is 3.10 bits per heavy atom. The average molecular weight is 140 g/mol. The Morgan fingerprint density at radius 1 is 1.70 bits per heavy atom. The highest BCUT2D eigenvalue weighted by Crippen LogP contribution is 1.73. The van der Waals surface area contributed by atoms with E-state index >= 15 is 0 Å². The predicted octanol–water partition coefficient (Wildman–Crippen LogP) is 0.361. The zero-order chi connectivity index (χ0) is 7.66. The van der Waals surface area contributed by atoms with Gasteiger partial charge in [-0.15, -0.1) is 5.92 Å².